The van der Waals surface area contributed by atoms with Gasteiger partial charge in [-0.25, -0.2) is 4.98 Å². The van der Waals surface area contributed by atoms with E-state index in [1.807, 2.05) is 67.6 Å². The van der Waals surface area contributed by atoms with E-state index in [4.69, 9.17) is 9.40 Å². The molecule has 4 nitrogen and oxygen atoms in total. The highest BCUT2D eigenvalue weighted by Crippen LogP contribution is 2.32. The number of hydrogen-bond donors (Lipinski definition) is 1. The molecule has 2 aromatic carbocycles. The Balaban J connectivity index is 1.79. The fourth-order valence-electron chi connectivity index (χ4n) is 3.12. The number of nitrogens with zero attached hydrogens (tertiary/aromatic N) is 1. The summed E-state index contributed by atoms with van der Waals surface area (Å²) in [5.41, 5.74) is 2.81. The van der Waals surface area contributed by atoms with Crippen molar-refractivity contribution >= 4 is 5.91 Å². The first kappa shape index (κ1) is 18.9. The number of nitrogens with one attached hydrogen (secondary N) is 1. The average Bonchev–Trinajstić information content (AvgIpc) is 3.12. The van der Waals surface area contributed by atoms with Crippen molar-refractivity contribution in [3.8, 4) is 22.6 Å². The largest absolute Gasteiger partial charge is 0.440 e. The van der Waals surface area contributed by atoms with Gasteiger partial charge in [-0.3, -0.25) is 4.79 Å². The van der Waals surface area contributed by atoms with Gasteiger partial charge in [0.15, 0.2) is 11.7 Å². The smallest absolute Gasteiger partial charge is 0.220 e. The molecule has 1 amide bonds. The number of rotatable bonds is 8. The minimum atomic E-state index is 0.0386. The molecular weight excluding hydrogens is 336 g/mol. The molecule has 1 atom stereocenters. The van der Waals surface area contributed by atoms with Gasteiger partial charge in [0, 0.05) is 30.0 Å². The fourth-order valence-corrected chi connectivity index (χ4v) is 3.12. The van der Waals surface area contributed by atoms with Gasteiger partial charge in [-0.15, -0.1) is 0 Å². The lowest BCUT2D eigenvalue weighted by atomic mass is 10.1. The zero-order valence-electron chi connectivity index (χ0n) is 15.9. The minimum Gasteiger partial charge on any atom is -0.440 e. The van der Waals surface area contributed by atoms with Crippen LogP contribution in [0.2, 0.25) is 0 Å². The van der Waals surface area contributed by atoms with E-state index >= 15 is 0 Å². The Kier molecular flexibility index (Phi) is 6.42. The third-order valence-electron chi connectivity index (χ3n) is 4.45. The number of aryl methyl sites for hydroxylation is 1. The number of amides is 1. The second-order valence-corrected chi connectivity index (χ2v) is 6.77. The number of hydrogen-bond acceptors (Lipinski definition) is 3. The minimum absolute atomic E-state index is 0.0386. The molecule has 1 N–H and O–H groups in total. The lowest BCUT2D eigenvalue weighted by Crippen LogP contribution is -2.32. The lowest BCUT2D eigenvalue weighted by molar-refractivity contribution is -0.121. The molecule has 0 aliphatic heterocycles. The number of carbonyl (C=O) groups is 1. The van der Waals surface area contributed by atoms with Gasteiger partial charge in [0.25, 0.3) is 0 Å². The normalized spacial score (nSPS) is 11.9. The summed E-state index contributed by atoms with van der Waals surface area (Å²) in [6.07, 6.45) is 2.90. The monoisotopic (exact) mass is 362 g/mol. The maximum absolute atomic E-state index is 12.2. The molecule has 0 radical (unpaired) electrons. The van der Waals surface area contributed by atoms with Crippen molar-refractivity contribution in [2.75, 3.05) is 0 Å². The summed E-state index contributed by atoms with van der Waals surface area (Å²) in [7, 11) is 0. The zero-order valence-corrected chi connectivity index (χ0v) is 15.9. The molecule has 4 heteroatoms. The summed E-state index contributed by atoms with van der Waals surface area (Å²) in [5.74, 6) is 1.37. The second-order valence-electron chi connectivity index (χ2n) is 6.77. The SMILES string of the molecule is CCCC(C)NC(=O)CCc1nc(-c2ccccc2)c(-c2ccccc2)o1. The summed E-state index contributed by atoms with van der Waals surface area (Å²) in [6, 6.07) is 20.2. The summed E-state index contributed by atoms with van der Waals surface area (Å²) in [4.78, 5) is 16.9. The highest BCUT2D eigenvalue weighted by molar-refractivity contribution is 5.78. The summed E-state index contributed by atoms with van der Waals surface area (Å²) in [5, 5.41) is 3.03. The van der Waals surface area contributed by atoms with Crippen molar-refractivity contribution in [2.45, 2.75) is 45.6 Å². The molecule has 3 aromatic rings. The summed E-state index contributed by atoms with van der Waals surface area (Å²) < 4.78 is 6.07. The predicted molar refractivity (Wildman–Crippen MR) is 108 cm³/mol. The Morgan fingerprint density at radius 1 is 1.04 bits per heavy atom. The number of oxazole rings is 1. The van der Waals surface area contributed by atoms with Gasteiger partial charge in [0.1, 0.15) is 5.69 Å². The molecule has 0 aliphatic carbocycles. The predicted octanol–water partition coefficient (Wildman–Crippen LogP) is 5.25. The Hall–Kier alpha value is -2.88. The molecule has 0 fully saturated rings. The molecule has 140 valence electrons. The first-order valence-electron chi connectivity index (χ1n) is 9.57. The van der Waals surface area contributed by atoms with Crippen LogP contribution in [0.5, 0.6) is 0 Å². The van der Waals surface area contributed by atoms with Crippen LogP contribution in [0.1, 0.15) is 39.0 Å². The van der Waals surface area contributed by atoms with E-state index in [-0.39, 0.29) is 11.9 Å². The van der Waals surface area contributed by atoms with Crippen molar-refractivity contribution in [3.63, 3.8) is 0 Å². The molecule has 0 saturated heterocycles. The number of benzene rings is 2. The topological polar surface area (TPSA) is 55.1 Å². The summed E-state index contributed by atoms with van der Waals surface area (Å²) in [6.45, 7) is 4.15. The van der Waals surface area contributed by atoms with Crippen LogP contribution in [0, 0.1) is 0 Å². The van der Waals surface area contributed by atoms with E-state index in [0.717, 1.165) is 35.4 Å². The molecular formula is C23H26N2O2. The van der Waals surface area contributed by atoms with Crippen molar-refractivity contribution in [1.29, 1.82) is 0 Å². The van der Waals surface area contributed by atoms with Gasteiger partial charge in [-0.2, -0.15) is 0 Å². The van der Waals surface area contributed by atoms with Crippen LogP contribution in [0.25, 0.3) is 22.6 Å². The Morgan fingerprint density at radius 3 is 2.30 bits per heavy atom. The van der Waals surface area contributed by atoms with E-state index < -0.39 is 0 Å². The van der Waals surface area contributed by atoms with Crippen LogP contribution in [-0.2, 0) is 11.2 Å². The maximum atomic E-state index is 12.2. The third kappa shape index (κ3) is 5.07. The van der Waals surface area contributed by atoms with Gasteiger partial charge in [-0.05, 0) is 13.3 Å². The van der Waals surface area contributed by atoms with Crippen LogP contribution in [0.4, 0.5) is 0 Å². The van der Waals surface area contributed by atoms with E-state index in [9.17, 15) is 4.79 Å². The van der Waals surface area contributed by atoms with Crippen LogP contribution in [0.15, 0.2) is 65.1 Å². The van der Waals surface area contributed by atoms with Gasteiger partial charge in [0.2, 0.25) is 5.91 Å². The molecule has 0 aliphatic rings. The van der Waals surface area contributed by atoms with Gasteiger partial charge in [-0.1, -0.05) is 74.0 Å². The number of carbonyl (C=O) groups excluding carboxylic acids is 1. The average molecular weight is 362 g/mol. The van der Waals surface area contributed by atoms with Crippen molar-refractivity contribution < 1.29 is 9.21 Å². The van der Waals surface area contributed by atoms with Crippen LogP contribution in [0.3, 0.4) is 0 Å². The molecule has 0 bridgehead atoms. The Labute approximate surface area is 160 Å². The molecule has 3 rings (SSSR count). The van der Waals surface area contributed by atoms with E-state index in [2.05, 4.69) is 12.2 Å². The van der Waals surface area contributed by atoms with E-state index in [0.29, 0.717) is 18.7 Å². The van der Waals surface area contributed by atoms with E-state index in [1.165, 1.54) is 0 Å². The lowest BCUT2D eigenvalue weighted by Gasteiger charge is -2.11. The standard InChI is InChI=1S/C23H26N2O2/c1-3-10-17(2)24-20(26)15-16-21-25-22(18-11-6-4-7-12-18)23(27-21)19-13-8-5-9-14-19/h4-9,11-14,17H,3,10,15-16H2,1-2H3,(H,24,26). The van der Waals surface area contributed by atoms with Crippen LogP contribution in [-0.4, -0.2) is 16.9 Å². The van der Waals surface area contributed by atoms with E-state index in [1.54, 1.807) is 0 Å². The van der Waals surface area contributed by atoms with Crippen LogP contribution < -0.4 is 5.32 Å². The van der Waals surface area contributed by atoms with Crippen molar-refractivity contribution in [2.24, 2.45) is 0 Å². The molecule has 1 heterocycles. The Bertz CT molecular complexity index is 800. The van der Waals surface area contributed by atoms with Gasteiger partial charge in [0.05, 0.1) is 0 Å². The molecule has 0 spiro atoms. The maximum Gasteiger partial charge on any atom is 0.220 e. The quantitative estimate of drug-likeness (QED) is 0.596. The van der Waals surface area contributed by atoms with Gasteiger partial charge >= 0.3 is 0 Å². The third-order valence-corrected chi connectivity index (χ3v) is 4.45. The first-order chi connectivity index (χ1) is 13.2. The number of aromatic nitrogens is 1. The molecule has 1 unspecified atom stereocenters. The second kappa shape index (κ2) is 9.17. The zero-order chi connectivity index (χ0) is 19.1. The molecule has 1 aromatic heterocycles. The highest BCUT2D eigenvalue weighted by Gasteiger charge is 2.17. The summed E-state index contributed by atoms with van der Waals surface area (Å²) >= 11 is 0. The Morgan fingerprint density at radius 2 is 1.67 bits per heavy atom. The molecule has 0 saturated carbocycles. The van der Waals surface area contributed by atoms with Crippen LogP contribution >= 0.6 is 0 Å². The first-order valence-corrected chi connectivity index (χ1v) is 9.57. The van der Waals surface area contributed by atoms with Crippen molar-refractivity contribution in [1.82, 2.24) is 10.3 Å². The van der Waals surface area contributed by atoms with Crippen molar-refractivity contribution in [3.05, 3.63) is 66.6 Å². The van der Waals surface area contributed by atoms with Gasteiger partial charge < -0.3 is 9.73 Å². The highest BCUT2D eigenvalue weighted by atomic mass is 16.4. The fraction of sp³-hybridized carbons (Fsp3) is 0.304. The molecule has 27 heavy (non-hydrogen) atoms.